The van der Waals surface area contributed by atoms with E-state index >= 15 is 0 Å². The number of nitrogens with one attached hydrogen (secondary N) is 2. The van der Waals surface area contributed by atoms with Crippen molar-refractivity contribution in [1.82, 2.24) is 5.32 Å². The molecule has 0 fully saturated rings. The highest BCUT2D eigenvalue weighted by atomic mass is 16.2. The summed E-state index contributed by atoms with van der Waals surface area (Å²) >= 11 is 0. The molecule has 0 saturated carbocycles. The monoisotopic (exact) mass is 310 g/mol. The lowest BCUT2D eigenvalue weighted by Gasteiger charge is -2.17. The molecule has 6 heteroatoms. The zero-order valence-electron chi connectivity index (χ0n) is 12.6. The molecule has 3 rings (SSSR count). The number of imide groups is 1. The Morgan fingerprint density at radius 2 is 1.83 bits per heavy atom. The zero-order chi connectivity index (χ0) is 16.2. The maximum atomic E-state index is 12.3. The number of rotatable bonds is 4. The van der Waals surface area contributed by atoms with Crippen LogP contribution in [0.1, 0.15) is 20.7 Å². The van der Waals surface area contributed by atoms with E-state index in [0.29, 0.717) is 30.9 Å². The van der Waals surface area contributed by atoms with Crippen LogP contribution in [0, 0.1) is 0 Å². The maximum absolute atomic E-state index is 12.3. The predicted octanol–water partition coefficient (Wildman–Crippen LogP) is 1.40. The van der Waals surface area contributed by atoms with Gasteiger partial charge in [-0.3, -0.25) is 14.9 Å². The Balaban J connectivity index is 1.76. The van der Waals surface area contributed by atoms with Crippen LogP contribution >= 0.6 is 0 Å². The van der Waals surface area contributed by atoms with Crippen molar-refractivity contribution in [2.24, 2.45) is 5.73 Å². The first-order chi connectivity index (χ1) is 11.2. The summed E-state index contributed by atoms with van der Waals surface area (Å²) in [5, 5.41) is 5.65. The normalized spacial score (nSPS) is 12.5. The van der Waals surface area contributed by atoms with Gasteiger partial charge in [-0.05, 0) is 30.3 Å². The average molecular weight is 310 g/mol. The van der Waals surface area contributed by atoms with Gasteiger partial charge in [0.25, 0.3) is 11.8 Å². The highest BCUT2D eigenvalue weighted by Crippen LogP contribution is 2.31. The molecular weight excluding hydrogens is 292 g/mol. The molecule has 4 N–H and O–H groups in total. The van der Waals surface area contributed by atoms with Crippen LogP contribution in [0.5, 0.6) is 0 Å². The highest BCUT2D eigenvalue weighted by Gasteiger charge is 2.20. The number of nitrogens with two attached hydrogens (primary N) is 1. The Hall–Kier alpha value is -2.86. The molecule has 1 aliphatic heterocycles. The second-order valence-electron chi connectivity index (χ2n) is 5.27. The lowest BCUT2D eigenvalue weighted by atomic mass is 10.1. The second kappa shape index (κ2) is 6.50. The van der Waals surface area contributed by atoms with Crippen LogP contribution in [0.2, 0.25) is 0 Å². The van der Waals surface area contributed by atoms with Gasteiger partial charge in [0.05, 0.1) is 18.0 Å². The quantitative estimate of drug-likeness (QED) is 0.743. The number of nitrogens with zero attached hydrogens (tertiary/aromatic N) is 1. The van der Waals surface area contributed by atoms with E-state index in [4.69, 9.17) is 5.73 Å². The van der Waals surface area contributed by atoms with Gasteiger partial charge in [-0.1, -0.05) is 18.2 Å². The number of fused-ring (bicyclic) bond motifs is 1. The van der Waals surface area contributed by atoms with E-state index in [-0.39, 0.29) is 0 Å². The number of carbonyl (C=O) groups excluding carboxylic acids is 2. The lowest BCUT2D eigenvalue weighted by Crippen LogP contribution is -2.31. The van der Waals surface area contributed by atoms with Crippen molar-refractivity contribution in [3.63, 3.8) is 0 Å². The summed E-state index contributed by atoms with van der Waals surface area (Å²) in [6, 6.07) is 14.0. The van der Waals surface area contributed by atoms with Crippen LogP contribution in [0.3, 0.4) is 0 Å². The minimum Gasteiger partial charge on any atom is -0.366 e. The molecule has 2 aromatic rings. The molecule has 23 heavy (non-hydrogen) atoms. The van der Waals surface area contributed by atoms with E-state index in [1.165, 1.54) is 0 Å². The van der Waals surface area contributed by atoms with Gasteiger partial charge >= 0.3 is 0 Å². The van der Waals surface area contributed by atoms with E-state index in [1.807, 2.05) is 12.1 Å². The number of anilines is 2. The van der Waals surface area contributed by atoms with Gasteiger partial charge < -0.3 is 16.0 Å². The minimum absolute atomic E-state index is 0.409. The van der Waals surface area contributed by atoms with Gasteiger partial charge in [0.1, 0.15) is 0 Å². The number of carbonyl (C=O) groups is 2. The van der Waals surface area contributed by atoms with E-state index in [9.17, 15) is 9.59 Å². The molecule has 6 nitrogen and oxygen atoms in total. The number of hydrogen-bond acceptors (Lipinski definition) is 5. The summed E-state index contributed by atoms with van der Waals surface area (Å²) in [7, 11) is 0. The fraction of sp³-hybridized carbons (Fsp3) is 0.176. The van der Waals surface area contributed by atoms with Crippen molar-refractivity contribution >= 4 is 23.2 Å². The molecule has 0 saturated heterocycles. The van der Waals surface area contributed by atoms with Crippen LogP contribution in [-0.4, -0.2) is 31.6 Å². The fourth-order valence-electron chi connectivity index (χ4n) is 2.54. The summed E-state index contributed by atoms with van der Waals surface area (Å²) < 4.78 is 0. The van der Waals surface area contributed by atoms with Crippen molar-refractivity contribution < 1.29 is 9.59 Å². The van der Waals surface area contributed by atoms with E-state index < -0.39 is 11.8 Å². The maximum Gasteiger partial charge on any atom is 0.258 e. The van der Waals surface area contributed by atoms with Gasteiger partial charge in [0.2, 0.25) is 0 Å². The molecule has 0 aliphatic carbocycles. The second-order valence-corrected chi connectivity index (χ2v) is 5.27. The summed E-state index contributed by atoms with van der Waals surface area (Å²) in [6.07, 6.45) is 0. The first-order valence-corrected chi connectivity index (χ1v) is 7.42. The molecule has 118 valence electrons. The topological polar surface area (TPSA) is 87.5 Å². The highest BCUT2D eigenvalue weighted by molar-refractivity contribution is 6.10. The first kappa shape index (κ1) is 15.1. The first-order valence-electron chi connectivity index (χ1n) is 7.42. The molecule has 2 amide bonds. The molecule has 0 radical (unpaired) electrons. The molecule has 0 unspecified atom stereocenters. The van der Waals surface area contributed by atoms with Crippen molar-refractivity contribution in [2.45, 2.75) is 0 Å². The number of hydrogen-bond donors (Lipinski definition) is 3. The third-order valence-electron chi connectivity index (χ3n) is 3.72. The minimum atomic E-state index is -0.416. The molecule has 1 aliphatic rings. The standard InChI is InChI=1S/C17H18N4O2/c18-8-9-21-11-19-14-7-6-13(10-15(14)21)17(23)20-16(22)12-4-2-1-3-5-12/h1-7,10,19H,8-9,11,18H2,(H,20,22,23). The van der Waals surface area contributed by atoms with Crippen LogP contribution in [0.15, 0.2) is 48.5 Å². The molecule has 0 bridgehead atoms. The molecule has 2 aromatic carbocycles. The molecule has 0 atom stereocenters. The average Bonchev–Trinajstić information content (AvgIpc) is 2.98. The third kappa shape index (κ3) is 3.17. The third-order valence-corrected chi connectivity index (χ3v) is 3.72. The lowest BCUT2D eigenvalue weighted by molar-refractivity contribution is 0.0849. The van der Waals surface area contributed by atoms with Crippen LogP contribution < -0.4 is 21.3 Å². The van der Waals surface area contributed by atoms with Gasteiger partial charge in [0, 0.05) is 24.2 Å². The fourth-order valence-corrected chi connectivity index (χ4v) is 2.54. The van der Waals surface area contributed by atoms with Crippen molar-refractivity contribution in [2.75, 3.05) is 30.0 Å². The molecule has 0 aromatic heterocycles. The van der Waals surface area contributed by atoms with Crippen molar-refractivity contribution in [3.05, 3.63) is 59.7 Å². The summed E-state index contributed by atoms with van der Waals surface area (Å²) in [5.74, 6) is -0.825. The Bertz CT molecular complexity index is 729. The SMILES string of the molecule is NCCN1CNc2ccc(C(=O)NC(=O)c3ccccc3)cc21. The zero-order valence-corrected chi connectivity index (χ0v) is 12.6. The largest absolute Gasteiger partial charge is 0.366 e. The van der Waals surface area contributed by atoms with Crippen molar-refractivity contribution in [3.8, 4) is 0 Å². The van der Waals surface area contributed by atoms with Gasteiger partial charge in [-0.25, -0.2) is 0 Å². The Kier molecular flexibility index (Phi) is 4.25. The van der Waals surface area contributed by atoms with Crippen LogP contribution in [0.25, 0.3) is 0 Å². The number of benzene rings is 2. The van der Waals surface area contributed by atoms with Crippen molar-refractivity contribution in [1.29, 1.82) is 0 Å². The Morgan fingerprint density at radius 1 is 1.09 bits per heavy atom. The predicted molar refractivity (Wildman–Crippen MR) is 89.6 cm³/mol. The summed E-state index contributed by atoms with van der Waals surface area (Å²) in [4.78, 5) is 26.4. The number of amides is 2. The van der Waals surface area contributed by atoms with Gasteiger partial charge in [-0.15, -0.1) is 0 Å². The van der Waals surface area contributed by atoms with Crippen LogP contribution in [-0.2, 0) is 0 Å². The van der Waals surface area contributed by atoms with E-state index in [2.05, 4.69) is 15.5 Å². The van der Waals surface area contributed by atoms with E-state index in [0.717, 1.165) is 11.4 Å². The molecule has 1 heterocycles. The summed E-state index contributed by atoms with van der Waals surface area (Å²) in [6.45, 7) is 1.90. The van der Waals surface area contributed by atoms with Gasteiger partial charge in [-0.2, -0.15) is 0 Å². The Labute approximate surface area is 134 Å². The smallest absolute Gasteiger partial charge is 0.258 e. The van der Waals surface area contributed by atoms with E-state index in [1.54, 1.807) is 36.4 Å². The van der Waals surface area contributed by atoms with Gasteiger partial charge in [0.15, 0.2) is 0 Å². The molecule has 0 spiro atoms. The van der Waals surface area contributed by atoms with Crippen LogP contribution in [0.4, 0.5) is 11.4 Å². The summed E-state index contributed by atoms with van der Waals surface area (Å²) in [5.41, 5.74) is 8.38. The molecular formula is C17H18N4O2. The Morgan fingerprint density at radius 3 is 2.57 bits per heavy atom.